The standard InChI is InChI=1S/C19H25N3O2/c20-19(24)17-8-4-5-11-22(17)18(23)14-21-12-9-16(10-13-21)15-6-2-1-3-7-15/h1-3,6-7,9,17H,4-5,8,10-14H2,(H2,20,24)/t17-/m0/s1. The van der Waals surface area contributed by atoms with E-state index in [0.29, 0.717) is 19.5 Å². The monoisotopic (exact) mass is 327 g/mol. The maximum Gasteiger partial charge on any atom is 0.240 e. The molecule has 0 aliphatic carbocycles. The van der Waals surface area contributed by atoms with Gasteiger partial charge in [-0.3, -0.25) is 14.5 Å². The summed E-state index contributed by atoms with van der Waals surface area (Å²) in [7, 11) is 0. The molecule has 0 saturated carbocycles. The molecule has 1 aromatic carbocycles. The van der Waals surface area contributed by atoms with Crippen molar-refractivity contribution in [2.24, 2.45) is 5.73 Å². The molecule has 0 radical (unpaired) electrons. The van der Waals surface area contributed by atoms with Crippen LogP contribution in [0.1, 0.15) is 31.2 Å². The van der Waals surface area contributed by atoms with E-state index in [1.165, 1.54) is 11.1 Å². The van der Waals surface area contributed by atoms with Crippen molar-refractivity contribution < 1.29 is 9.59 Å². The number of nitrogens with zero attached hydrogens (tertiary/aromatic N) is 2. The van der Waals surface area contributed by atoms with Crippen LogP contribution in [0.5, 0.6) is 0 Å². The molecular formula is C19H25N3O2. The molecule has 5 heteroatoms. The topological polar surface area (TPSA) is 66.6 Å². The van der Waals surface area contributed by atoms with Gasteiger partial charge in [-0.25, -0.2) is 0 Å². The van der Waals surface area contributed by atoms with E-state index in [-0.39, 0.29) is 11.8 Å². The highest BCUT2D eigenvalue weighted by molar-refractivity contribution is 5.87. The molecule has 1 atom stereocenters. The van der Waals surface area contributed by atoms with Crippen LogP contribution in [0, 0.1) is 0 Å². The molecule has 2 aliphatic rings. The van der Waals surface area contributed by atoms with Gasteiger partial charge in [0.25, 0.3) is 0 Å². The van der Waals surface area contributed by atoms with E-state index in [1.54, 1.807) is 4.90 Å². The van der Waals surface area contributed by atoms with Crippen LogP contribution in [0.3, 0.4) is 0 Å². The number of rotatable bonds is 4. The molecule has 2 N–H and O–H groups in total. The van der Waals surface area contributed by atoms with E-state index in [4.69, 9.17) is 5.73 Å². The first-order valence-electron chi connectivity index (χ1n) is 8.71. The van der Waals surface area contributed by atoms with Gasteiger partial charge < -0.3 is 10.6 Å². The van der Waals surface area contributed by atoms with Crippen LogP contribution in [0.15, 0.2) is 36.4 Å². The molecule has 128 valence electrons. The zero-order valence-electron chi connectivity index (χ0n) is 14.0. The molecule has 1 aromatic rings. The van der Waals surface area contributed by atoms with Crippen LogP contribution >= 0.6 is 0 Å². The Labute approximate surface area is 143 Å². The molecular weight excluding hydrogens is 302 g/mol. The first kappa shape index (κ1) is 16.7. The minimum absolute atomic E-state index is 0.0232. The Balaban J connectivity index is 1.58. The fourth-order valence-electron chi connectivity index (χ4n) is 3.58. The van der Waals surface area contributed by atoms with Gasteiger partial charge >= 0.3 is 0 Å². The second-order valence-corrected chi connectivity index (χ2v) is 6.58. The highest BCUT2D eigenvalue weighted by Crippen LogP contribution is 2.22. The van der Waals surface area contributed by atoms with Crippen LogP contribution in [0.4, 0.5) is 0 Å². The van der Waals surface area contributed by atoms with Crippen molar-refractivity contribution in [3.63, 3.8) is 0 Å². The molecule has 0 spiro atoms. The van der Waals surface area contributed by atoms with Crippen molar-refractivity contribution >= 4 is 17.4 Å². The number of piperidine rings is 1. The Bertz CT molecular complexity index is 627. The van der Waals surface area contributed by atoms with Crippen molar-refractivity contribution in [1.82, 2.24) is 9.80 Å². The van der Waals surface area contributed by atoms with Gasteiger partial charge in [-0.05, 0) is 36.8 Å². The van der Waals surface area contributed by atoms with Crippen molar-refractivity contribution in [3.05, 3.63) is 42.0 Å². The van der Waals surface area contributed by atoms with E-state index in [1.807, 2.05) is 18.2 Å². The van der Waals surface area contributed by atoms with Crippen molar-refractivity contribution in [3.8, 4) is 0 Å². The molecule has 0 unspecified atom stereocenters. The number of primary amides is 1. The molecule has 2 heterocycles. The van der Waals surface area contributed by atoms with Gasteiger partial charge in [0.05, 0.1) is 6.54 Å². The molecule has 2 aliphatic heterocycles. The molecule has 5 nitrogen and oxygen atoms in total. The fraction of sp³-hybridized carbons (Fsp3) is 0.474. The minimum atomic E-state index is -0.425. The molecule has 0 bridgehead atoms. The third-order valence-corrected chi connectivity index (χ3v) is 4.95. The summed E-state index contributed by atoms with van der Waals surface area (Å²) in [4.78, 5) is 28.0. The number of carbonyl (C=O) groups excluding carboxylic acids is 2. The van der Waals surface area contributed by atoms with Gasteiger partial charge in [0.2, 0.25) is 11.8 Å². The highest BCUT2D eigenvalue weighted by atomic mass is 16.2. The van der Waals surface area contributed by atoms with E-state index in [0.717, 1.165) is 32.4 Å². The number of carbonyl (C=O) groups is 2. The van der Waals surface area contributed by atoms with Crippen molar-refractivity contribution in [2.45, 2.75) is 31.7 Å². The van der Waals surface area contributed by atoms with Gasteiger partial charge in [0.1, 0.15) is 6.04 Å². The quantitative estimate of drug-likeness (QED) is 0.914. The molecule has 24 heavy (non-hydrogen) atoms. The number of nitrogens with two attached hydrogens (primary N) is 1. The van der Waals surface area contributed by atoms with Gasteiger partial charge in [-0.2, -0.15) is 0 Å². The van der Waals surface area contributed by atoms with Gasteiger partial charge in [-0.15, -0.1) is 0 Å². The van der Waals surface area contributed by atoms with Crippen LogP contribution in [0.2, 0.25) is 0 Å². The van der Waals surface area contributed by atoms with Gasteiger partial charge in [-0.1, -0.05) is 36.4 Å². The smallest absolute Gasteiger partial charge is 0.240 e. The van der Waals surface area contributed by atoms with Crippen LogP contribution < -0.4 is 5.73 Å². The highest BCUT2D eigenvalue weighted by Gasteiger charge is 2.31. The molecule has 1 saturated heterocycles. The molecule has 2 amide bonds. The summed E-state index contributed by atoms with van der Waals surface area (Å²) >= 11 is 0. The lowest BCUT2D eigenvalue weighted by atomic mass is 9.99. The normalized spacial score (nSPS) is 22.1. The third kappa shape index (κ3) is 3.85. The average Bonchev–Trinajstić information content (AvgIpc) is 2.63. The van der Waals surface area contributed by atoms with Gasteiger partial charge in [0.15, 0.2) is 0 Å². The predicted octanol–water partition coefficient (Wildman–Crippen LogP) is 1.64. The zero-order valence-corrected chi connectivity index (χ0v) is 14.0. The van der Waals surface area contributed by atoms with E-state index in [9.17, 15) is 9.59 Å². The Morgan fingerprint density at radius 3 is 2.58 bits per heavy atom. The summed E-state index contributed by atoms with van der Waals surface area (Å²) < 4.78 is 0. The second-order valence-electron chi connectivity index (χ2n) is 6.58. The summed E-state index contributed by atoms with van der Waals surface area (Å²) in [6.45, 7) is 2.64. The lowest BCUT2D eigenvalue weighted by Crippen LogP contribution is -2.53. The molecule has 0 aromatic heterocycles. The van der Waals surface area contributed by atoms with Crippen molar-refractivity contribution in [1.29, 1.82) is 0 Å². The second kappa shape index (κ2) is 7.62. The largest absolute Gasteiger partial charge is 0.368 e. The number of amides is 2. The zero-order chi connectivity index (χ0) is 16.9. The average molecular weight is 327 g/mol. The third-order valence-electron chi connectivity index (χ3n) is 4.95. The fourth-order valence-corrected chi connectivity index (χ4v) is 3.58. The maximum absolute atomic E-state index is 12.6. The Morgan fingerprint density at radius 1 is 1.12 bits per heavy atom. The minimum Gasteiger partial charge on any atom is -0.368 e. The molecule has 3 rings (SSSR count). The number of benzene rings is 1. The number of likely N-dealkylation sites (tertiary alicyclic amines) is 1. The first-order valence-corrected chi connectivity index (χ1v) is 8.71. The number of hydrogen-bond acceptors (Lipinski definition) is 3. The summed E-state index contributed by atoms with van der Waals surface area (Å²) in [6, 6.07) is 9.94. The SMILES string of the molecule is NC(=O)[C@@H]1CCCCN1C(=O)CN1CC=C(c2ccccc2)CC1. The van der Waals surface area contributed by atoms with Crippen LogP contribution in [-0.2, 0) is 9.59 Å². The van der Waals surface area contributed by atoms with Crippen LogP contribution in [-0.4, -0.2) is 53.8 Å². The van der Waals surface area contributed by atoms with E-state index >= 15 is 0 Å². The van der Waals surface area contributed by atoms with Crippen LogP contribution in [0.25, 0.3) is 5.57 Å². The summed E-state index contributed by atoms with van der Waals surface area (Å²) in [6.07, 6.45) is 5.75. The Hall–Kier alpha value is -2.14. The van der Waals surface area contributed by atoms with E-state index in [2.05, 4.69) is 23.1 Å². The predicted molar refractivity (Wildman–Crippen MR) is 94.0 cm³/mol. The van der Waals surface area contributed by atoms with Crippen molar-refractivity contribution in [2.75, 3.05) is 26.2 Å². The summed E-state index contributed by atoms with van der Waals surface area (Å²) in [5.41, 5.74) is 8.05. The Morgan fingerprint density at radius 2 is 1.92 bits per heavy atom. The lowest BCUT2D eigenvalue weighted by molar-refractivity contribution is -0.141. The molecule has 1 fully saturated rings. The number of hydrogen-bond donors (Lipinski definition) is 1. The van der Waals surface area contributed by atoms with E-state index < -0.39 is 6.04 Å². The Kier molecular flexibility index (Phi) is 5.30. The van der Waals surface area contributed by atoms with Gasteiger partial charge in [0, 0.05) is 19.6 Å². The lowest BCUT2D eigenvalue weighted by Gasteiger charge is -2.35. The summed E-state index contributed by atoms with van der Waals surface area (Å²) in [5, 5.41) is 0. The first-order chi connectivity index (χ1) is 11.6. The maximum atomic E-state index is 12.6. The summed E-state index contributed by atoms with van der Waals surface area (Å²) in [5.74, 6) is -0.358.